The highest BCUT2D eigenvalue weighted by atomic mass is 35.5. The minimum atomic E-state index is -0.0636. The molecular weight excluding hydrogens is 438 g/mol. The molecule has 0 aliphatic carbocycles. The first-order chi connectivity index (χ1) is 16.0. The first-order valence-corrected chi connectivity index (χ1v) is 11.6. The van der Waals surface area contributed by atoms with E-state index in [1.807, 2.05) is 42.6 Å². The molecule has 0 atom stereocenters. The summed E-state index contributed by atoms with van der Waals surface area (Å²) in [4.78, 5) is 17.8. The Kier molecular flexibility index (Phi) is 7.03. The molecule has 0 spiro atoms. The molecule has 0 unspecified atom stereocenters. The van der Waals surface area contributed by atoms with E-state index in [1.54, 1.807) is 9.13 Å². The first kappa shape index (κ1) is 22.9. The third kappa shape index (κ3) is 4.90. The van der Waals surface area contributed by atoms with Gasteiger partial charge in [-0.05, 0) is 35.6 Å². The van der Waals surface area contributed by atoms with E-state index in [0.717, 1.165) is 47.3 Å². The number of hydrogen-bond acceptors (Lipinski definition) is 5. The summed E-state index contributed by atoms with van der Waals surface area (Å²) < 4.78 is 3.49. The molecule has 0 aliphatic heterocycles. The number of benzene rings is 1. The van der Waals surface area contributed by atoms with Gasteiger partial charge in [0.15, 0.2) is 0 Å². The van der Waals surface area contributed by atoms with Gasteiger partial charge in [-0.15, -0.1) is 10.2 Å². The topological polar surface area (TPSA) is 94.3 Å². The van der Waals surface area contributed by atoms with Crippen LogP contribution >= 0.6 is 11.6 Å². The Morgan fingerprint density at radius 1 is 1.09 bits per heavy atom. The maximum atomic E-state index is 13.2. The predicted octanol–water partition coefficient (Wildman–Crippen LogP) is 4.59. The van der Waals surface area contributed by atoms with Crippen LogP contribution in [0.15, 0.2) is 47.4 Å². The molecule has 0 bridgehead atoms. The number of H-pyrrole nitrogens is 1. The lowest BCUT2D eigenvalue weighted by atomic mass is 10.0. The summed E-state index contributed by atoms with van der Waals surface area (Å²) in [6.45, 7) is 7.34. The van der Waals surface area contributed by atoms with Crippen LogP contribution in [0.1, 0.15) is 44.9 Å². The quantitative estimate of drug-likeness (QED) is 0.390. The largest absolute Gasteiger partial charge is 0.329 e. The van der Waals surface area contributed by atoms with Gasteiger partial charge in [-0.1, -0.05) is 69.1 Å². The van der Waals surface area contributed by atoms with Gasteiger partial charge in [0, 0.05) is 23.9 Å². The van der Waals surface area contributed by atoms with Crippen LogP contribution in [0.3, 0.4) is 0 Å². The molecule has 0 saturated carbocycles. The number of nitrogens with zero attached hydrogens (tertiary/aromatic N) is 6. The standard InChI is InChI=1S/C24H28ClN7O/c1-4-5-10-21-22(25)32(14-16(2)3)24(33)31(21)15-17-11-12-20(26-13-17)18-8-6-7-9-19(18)23-27-29-30-28-23/h6-9,11-13,16H,4-5,10,14-15H2,1-3H3,(H,27,28,29,30). The van der Waals surface area contributed by atoms with Gasteiger partial charge in [-0.3, -0.25) is 14.1 Å². The maximum absolute atomic E-state index is 13.2. The first-order valence-electron chi connectivity index (χ1n) is 11.3. The molecule has 3 heterocycles. The summed E-state index contributed by atoms with van der Waals surface area (Å²) >= 11 is 6.66. The van der Waals surface area contributed by atoms with Crippen molar-refractivity contribution in [2.45, 2.75) is 53.1 Å². The van der Waals surface area contributed by atoms with Crippen LogP contribution in [0.4, 0.5) is 0 Å². The van der Waals surface area contributed by atoms with Gasteiger partial charge in [-0.2, -0.15) is 5.21 Å². The third-order valence-electron chi connectivity index (χ3n) is 5.53. The zero-order valence-corrected chi connectivity index (χ0v) is 19.9. The van der Waals surface area contributed by atoms with Gasteiger partial charge in [0.25, 0.3) is 0 Å². The number of aromatic amines is 1. The van der Waals surface area contributed by atoms with Gasteiger partial charge >= 0.3 is 5.69 Å². The van der Waals surface area contributed by atoms with Gasteiger partial charge in [0.2, 0.25) is 5.82 Å². The van der Waals surface area contributed by atoms with Crippen LogP contribution in [0.25, 0.3) is 22.6 Å². The minimum absolute atomic E-state index is 0.0636. The SMILES string of the molecule is CCCCc1c(Cl)n(CC(C)C)c(=O)n1Cc1ccc(-c2ccccc2-c2nn[nH]n2)nc1. The molecule has 0 saturated heterocycles. The second kappa shape index (κ2) is 10.1. The van der Waals surface area contributed by atoms with Crippen LogP contribution in [-0.4, -0.2) is 34.7 Å². The molecule has 4 aromatic rings. The second-order valence-electron chi connectivity index (χ2n) is 8.55. The zero-order valence-electron chi connectivity index (χ0n) is 19.1. The van der Waals surface area contributed by atoms with Gasteiger partial charge < -0.3 is 0 Å². The second-order valence-corrected chi connectivity index (χ2v) is 8.90. The maximum Gasteiger partial charge on any atom is 0.329 e. The molecule has 0 amide bonds. The Morgan fingerprint density at radius 2 is 1.88 bits per heavy atom. The Hall–Kier alpha value is -3.26. The summed E-state index contributed by atoms with van der Waals surface area (Å²) in [5, 5.41) is 14.9. The number of nitrogens with one attached hydrogen (secondary N) is 1. The van der Waals surface area contributed by atoms with E-state index in [-0.39, 0.29) is 5.69 Å². The zero-order chi connectivity index (χ0) is 23.4. The molecule has 4 rings (SSSR count). The fourth-order valence-electron chi connectivity index (χ4n) is 3.92. The van der Waals surface area contributed by atoms with Crippen molar-refractivity contribution in [3.05, 3.63) is 69.5 Å². The molecule has 0 radical (unpaired) electrons. The summed E-state index contributed by atoms with van der Waals surface area (Å²) in [6.07, 6.45) is 4.61. The molecule has 0 aliphatic rings. The number of imidazole rings is 1. The molecule has 33 heavy (non-hydrogen) atoms. The minimum Gasteiger partial charge on any atom is -0.290 e. The van der Waals surface area contributed by atoms with E-state index >= 15 is 0 Å². The third-order valence-corrected chi connectivity index (χ3v) is 5.95. The van der Waals surface area contributed by atoms with Crippen molar-refractivity contribution < 1.29 is 0 Å². The molecule has 8 nitrogen and oxygen atoms in total. The number of rotatable bonds is 9. The summed E-state index contributed by atoms with van der Waals surface area (Å²) in [5.41, 5.74) is 4.34. The van der Waals surface area contributed by atoms with E-state index in [0.29, 0.717) is 30.0 Å². The van der Waals surface area contributed by atoms with E-state index in [1.165, 1.54) is 0 Å². The number of aromatic nitrogens is 7. The molecule has 1 aromatic carbocycles. The monoisotopic (exact) mass is 465 g/mol. The van der Waals surface area contributed by atoms with Crippen LogP contribution < -0.4 is 5.69 Å². The fraction of sp³-hybridized carbons (Fsp3) is 0.375. The smallest absolute Gasteiger partial charge is 0.290 e. The lowest BCUT2D eigenvalue weighted by Crippen LogP contribution is -2.27. The average Bonchev–Trinajstić information content (AvgIpc) is 3.42. The number of unbranched alkanes of at least 4 members (excludes halogenated alkanes) is 1. The van der Waals surface area contributed by atoms with Crippen molar-refractivity contribution in [2.24, 2.45) is 5.92 Å². The Morgan fingerprint density at radius 3 is 2.52 bits per heavy atom. The summed E-state index contributed by atoms with van der Waals surface area (Å²) in [6, 6.07) is 11.8. The average molecular weight is 466 g/mol. The molecule has 172 valence electrons. The lowest BCUT2D eigenvalue weighted by molar-refractivity contribution is 0.504. The molecule has 9 heteroatoms. The highest BCUT2D eigenvalue weighted by molar-refractivity contribution is 6.30. The highest BCUT2D eigenvalue weighted by Gasteiger charge is 2.19. The highest BCUT2D eigenvalue weighted by Crippen LogP contribution is 2.28. The van der Waals surface area contributed by atoms with Gasteiger partial charge in [-0.25, -0.2) is 4.79 Å². The van der Waals surface area contributed by atoms with Crippen molar-refractivity contribution in [3.8, 4) is 22.6 Å². The molecule has 0 fully saturated rings. The van der Waals surface area contributed by atoms with E-state index in [4.69, 9.17) is 11.6 Å². The fourth-order valence-corrected chi connectivity index (χ4v) is 4.26. The van der Waals surface area contributed by atoms with E-state index < -0.39 is 0 Å². The van der Waals surface area contributed by atoms with Crippen molar-refractivity contribution in [1.29, 1.82) is 0 Å². The molecule has 3 aromatic heterocycles. The van der Waals surface area contributed by atoms with Crippen LogP contribution in [0.5, 0.6) is 0 Å². The Balaban J connectivity index is 1.65. The van der Waals surface area contributed by atoms with Gasteiger partial charge in [0.05, 0.1) is 17.9 Å². The summed E-state index contributed by atoms with van der Waals surface area (Å²) in [5.74, 6) is 0.847. The molecular formula is C24H28ClN7O. The Bertz CT molecular complexity index is 1260. The van der Waals surface area contributed by atoms with Crippen LogP contribution in [0, 0.1) is 5.92 Å². The van der Waals surface area contributed by atoms with Crippen molar-refractivity contribution >= 4 is 11.6 Å². The van der Waals surface area contributed by atoms with Crippen LogP contribution in [-0.2, 0) is 19.5 Å². The van der Waals surface area contributed by atoms with Crippen molar-refractivity contribution in [1.82, 2.24) is 34.7 Å². The number of pyridine rings is 1. The number of halogens is 1. The normalized spacial score (nSPS) is 11.4. The van der Waals surface area contributed by atoms with E-state index in [9.17, 15) is 4.79 Å². The van der Waals surface area contributed by atoms with Crippen LogP contribution in [0.2, 0.25) is 5.15 Å². The van der Waals surface area contributed by atoms with E-state index in [2.05, 4.69) is 46.4 Å². The van der Waals surface area contributed by atoms with Crippen molar-refractivity contribution in [3.63, 3.8) is 0 Å². The van der Waals surface area contributed by atoms with Gasteiger partial charge in [0.1, 0.15) is 5.15 Å². The Labute approximate surface area is 197 Å². The summed E-state index contributed by atoms with van der Waals surface area (Å²) in [7, 11) is 0. The number of hydrogen-bond donors (Lipinski definition) is 1. The molecule has 1 N–H and O–H groups in total. The lowest BCUT2D eigenvalue weighted by Gasteiger charge is -2.09. The predicted molar refractivity (Wildman–Crippen MR) is 129 cm³/mol. The number of tetrazole rings is 1. The van der Waals surface area contributed by atoms with Crippen molar-refractivity contribution in [2.75, 3.05) is 0 Å².